The van der Waals surface area contributed by atoms with Crippen molar-refractivity contribution in [1.29, 1.82) is 0 Å². The van der Waals surface area contributed by atoms with E-state index in [4.69, 9.17) is 0 Å². The Labute approximate surface area is 69.6 Å². The molecule has 0 N–H and O–H groups in total. The molecule has 0 aromatic heterocycles. The Morgan fingerprint density at radius 3 is 2.70 bits per heavy atom. The van der Waals surface area contributed by atoms with Gasteiger partial charge in [0.2, 0.25) is 0 Å². The van der Waals surface area contributed by atoms with E-state index in [-0.39, 0.29) is 11.7 Å². The fraction of sp³-hybridized carbons (Fsp3) is 0.625. The lowest BCUT2D eigenvalue weighted by atomic mass is 9.85. The zero-order chi connectivity index (χ0) is 7.72. The Morgan fingerprint density at radius 1 is 1.60 bits per heavy atom. The summed E-state index contributed by atoms with van der Waals surface area (Å²) in [6, 6.07) is 0. The van der Waals surface area contributed by atoms with E-state index in [0.29, 0.717) is 5.92 Å². The third kappa shape index (κ3) is 1.48. The summed E-state index contributed by atoms with van der Waals surface area (Å²) in [5.41, 5.74) is 0. The average molecular weight is 203 g/mol. The molecular formula is C8H11BrO. The Morgan fingerprint density at radius 2 is 2.20 bits per heavy atom. The molecule has 0 radical (unpaired) electrons. The second-order valence-corrected chi connectivity index (χ2v) is 3.98. The minimum atomic E-state index is 0.210. The van der Waals surface area contributed by atoms with Crippen molar-refractivity contribution in [2.24, 2.45) is 11.8 Å². The molecule has 10 heavy (non-hydrogen) atoms. The molecule has 0 saturated carbocycles. The summed E-state index contributed by atoms with van der Waals surface area (Å²) in [4.78, 5) is 11.1. The first-order chi connectivity index (χ1) is 4.61. The van der Waals surface area contributed by atoms with E-state index >= 15 is 0 Å². The molecule has 0 aromatic carbocycles. The number of halogens is 1. The van der Waals surface area contributed by atoms with Crippen LogP contribution in [0.1, 0.15) is 20.3 Å². The second kappa shape index (κ2) is 2.87. The average Bonchev–Trinajstić information content (AvgIpc) is 1.82. The van der Waals surface area contributed by atoms with Crippen molar-refractivity contribution >= 4 is 21.7 Å². The van der Waals surface area contributed by atoms with E-state index in [1.165, 1.54) is 0 Å². The molecule has 2 heteroatoms. The van der Waals surface area contributed by atoms with Crippen molar-refractivity contribution in [3.8, 4) is 0 Å². The third-order valence-electron chi connectivity index (χ3n) is 2.12. The molecular weight excluding hydrogens is 192 g/mol. The minimum Gasteiger partial charge on any atom is -0.295 e. The van der Waals surface area contributed by atoms with Crippen LogP contribution >= 0.6 is 15.9 Å². The molecule has 1 rings (SSSR count). The first kappa shape index (κ1) is 7.99. The van der Waals surface area contributed by atoms with Crippen molar-refractivity contribution in [3.05, 3.63) is 10.6 Å². The molecule has 1 aliphatic carbocycles. The zero-order valence-corrected chi connectivity index (χ0v) is 7.81. The highest BCUT2D eigenvalue weighted by molar-refractivity contribution is 9.11. The van der Waals surface area contributed by atoms with Gasteiger partial charge in [-0.25, -0.2) is 0 Å². The SMILES string of the molecule is CC1CC(Br)=CC(=O)C1C. The van der Waals surface area contributed by atoms with Gasteiger partial charge in [-0.3, -0.25) is 4.79 Å². The molecule has 0 heterocycles. The summed E-state index contributed by atoms with van der Waals surface area (Å²) in [5, 5.41) is 0. The lowest BCUT2D eigenvalue weighted by molar-refractivity contribution is -0.119. The summed E-state index contributed by atoms with van der Waals surface area (Å²) < 4.78 is 1.04. The normalized spacial score (nSPS) is 33.9. The van der Waals surface area contributed by atoms with E-state index in [9.17, 15) is 4.79 Å². The zero-order valence-electron chi connectivity index (χ0n) is 6.23. The summed E-state index contributed by atoms with van der Waals surface area (Å²) in [7, 11) is 0. The molecule has 0 amide bonds. The van der Waals surface area contributed by atoms with Crippen LogP contribution in [0.3, 0.4) is 0 Å². The predicted molar refractivity (Wildman–Crippen MR) is 45.0 cm³/mol. The van der Waals surface area contributed by atoms with Gasteiger partial charge >= 0.3 is 0 Å². The van der Waals surface area contributed by atoms with Crippen LogP contribution in [-0.4, -0.2) is 5.78 Å². The lowest BCUT2D eigenvalue weighted by Crippen LogP contribution is -2.21. The maximum Gasteiger partial charge on any atom is 0.159 e. The first-order valence-corrected chi connectivity index (χ1v) is 4.30. The van der Waals surface area contributed by atoms with Gasteiger partial charge in [-0.2, -0.15) is 0 Å². The quantitative estimate of drug-likeness (QED) is 0.591. The number of carbonyl (C=O) groups excluding carboxylic acids is 1. The van der Waals surface area contributed by atoms with E-state index in [1.807, 2.05) is 6.92 Å². The largest absolute Gasteiger partial charge is 0.295 e. The topological polar surface area (TPSA) is 17.1 Å². The maximum atomic E-state index is 11.1. The number of rotatable bonds is 0. The molecule has 0 fully saturated rings. The molecule has 0 spiro atoms. The Balaban J connectivity index is 2.79. The second-order valence-electron chi connectivity index (χ2n) is 2.96. The van der Waals surface area contributed by atoms with Crippen molar-refractivity contribution in [2.45, 2.75) is 20.3 Å². The Bertz CT molecular complexity index is 184. The van der Waals surface area contributed by atoms with Crippen LogP contribution < -0.4 is 0 Å². The van der Waals surface area contributed by atoms with Crippen LogP contribution in [0.5, 0.6) is 0 Å². The Hall–Kier alpha value is -0.110. The van der Waals surface area contributed by atoms with Gasteiger partial charge in [0, 0.05) is 5.92 Å². The molecule has 2 atom stereocenters. The van der Waals surface area contributed by atoms with Gasteiger partial charge in [-0.05, 0) is 22.9 Å². The van der Waals surface area contributed by atoms with Crippen LogP contribution in [0, 0.1) is 11.8 Å². The van der Waals surface area contributed by atoms with Gasteiger partial charge in [0.05, 0.1) is 0 Å². The highest BCUT2D eigenvalue weighted by Crippen LogP contribution is 2.29. The lowest BCUT2D eigenvalue weighted by Gasteiger charge is -2.21. The van der Waals surface area contributed by atoms with E-state index < -0.39 is 0 Å². The van der Waals surface area contributed by atoms with E-state index in [1.54, 1.807) is 6.08 Å². The highest BCUT2D eigenvalue weighted by Gasteiger charge is 2.23. The molecule has 56 valence electrons. The van der Waals surface area contributed by atoms with Gasteiger partial charge in [-0.1, -0.05) is 29.8 Å². The molecule has 0 aromatic rings. The van der Waals surface area contributed by atoms with Crippen LogP contribution in [0.25, 0.3) is 0 Å². The standard InChI is InChI=1S/C8H11BrO/c1-5-3-7(9)4-8(10)6(5)2/h4-6H,3H2,1-2H3. The van der Waals surface area contributed by atoms with Gasteiger partial charge in [0.1, 0.15) is 0 Å². The monoisotopic (exact) mass is 202 g/mol. The maximum absolute atomic E-state index is 11.1. The molecule has 0 saturated heterocycles. The molecule has 1 nitrogen and oxygen atoms in total. The summed E-state index contributed by atoms with van der Waals surface area (Å²) in [6.07, 6.45) is 2.71. The van der Waals surface area contributed by atoms with Crippen molar-refractivity contribution in [2.75, 3.05) is 0 Å². The summed E-state index contributed by atoms with van der Waals surface area (Å²) in [6.45, 7) is 4.10. The number of hydrogen-bond acceptors (Lipinski definition) is 1. The highest BCUT2D eigenvalue weighted by atomic mass is 79.9. The Kier molecular flexibility index (Phi) is 2.29. The van der Waals surface area contributed by atoms with E-state index in [2.05, 4.69) is 22.9 Å². The van der Waals surface area contributed by atoms with E-state index in [0.717, 1.165) is 10.9 Å². The number of ketones is 1. The molecule has 0 aliphatic heterocycles. The van der Waals surface area contributed by atoms with Crippen LogP contribution in [0.4, 0.5) is 0 Å². The fourth-order valence-corrected chi connectivity index (χ4v) is 1.85. The number of allylic oxidation sites excluding steroid dienone is 2. The van der Waals surface area contributed by atoms with Crippen molar-refractivity contribution in [1.82, 2.24) is 0 Å². The predicted octanol–water partition coefficient (Wildman–Crippen LogP) is 2.51. The van der Waals surface area contributed by atoms with Gasteiger partial charge in [0.25, 0.3) is 0 Å². The van der Waals surface area contributed by atoms with Gasteiger partial charge in [0.15, 0.2) is 5.78 Å². The summed E-state index contributed by atoms with van der Waals surface area (Å²) >= 11 is 3.34. The minimum absolute atomic E-state index is 0.210. The molecule has 1 aliphatic rings. The number of carbonyl (C=O) groups is 1. The molecule has 2 unspecified atom stereocenters. The smallest absolute Gasteiger partial charge is 0.159 e. The molecule has 0 bridgehead atoms. The van der Waals surface area contributed by atoms with Gasteiger partial charge < -0.3 is 0 Å². The third-order valence-corrected chi connectivity index (χ3v) is 2.67. The summed E-state index contributed by atoms with van der Waals surface area (Å²) in [5.74, 6) is 0.957. The van der Waals surface area contributed by atoms with Crippen molar-refractivity contribution < 1.29 is 4.79 Å². The fourth-order valence-electron chi connectivity index (χ4n) is 1.11. The van der Waals surface area contributed by atoms with Crippen LogP contribution in [0.15, 0.2) is 10.6 Å². The van der Waals surface area contributed by atoms with Crippen LogP contribution in [0.2, 0.25) is 0 Å². The van der Waals surface area contributed by atoms with Crippen molar-refractivity contribution in [3.63, 3.8) is 0 Å². The van der Waals surface area contributed by atoms with Crippen LogP contribution in [-0.2, 0) is 4.79 Å². The van der Waals surface area contributed by atoms with Gasteiger partial charge in [-0.15, -0.1) is 0 Å². The number of hydrogen-bond donors (Lipinski definition) is 0. The first-order valence-electron chi connectivity index (χ1n) is 3.51.